The predicted molar refractivity (Wildman–Crippen MR) is 66.0 cm³/mol. The van der Waals surface area contributed by atoms with E-state index in [1.807, 2.05) is 0 Å². The predicted octanol–water partition coefficient (Wildman–Crippen LogP) is 2.93. The van der Waals surface area contributed by atoms with Crippen LogP contribution in [0.15, 0.2) is 12.3 Å². The number of carbonyl (C=O) groups excluding carboxylic acids is 2. The van der Waals surface area contributed by atoms with E-state index in [1.54, 1.807) is 33.8 Å². The van der Waals surface area contributed by atoms with Crippen LogP contribution in [0.25, 0.3) is 5.73 Å². The van der Waals surface area contributed by atoms with E-state index >= 15 is 0 Å². The SMILES string of the molecule is CC(C)(C)OC(=O)N1C=CC[C@H]1C([NH-])=O.[CH2-]C.[Zn+2]. The molecular weight excluding hydrogens is 286 g/mol. The zero-order chi connectivity index (χ0) is 13.6. The Morgan fingerprint density at radius 1 is 1.39 bits per heavy atom. The van der Waals surface area contributed by atoms with Gasteiger partial charge in [0, 0.05) is 6.20 Å². The Morgan fingerprint density at radius 2 is 1.89 bits per heavy atom. The summed E-state index contributed by atoms with van der Waals surface area (Å²) in [5.41, 5.74) is 6.41. The standard InChI is InChI=1S/C10H16N2O3.C2H5.Zn/c1-10(2,3)15-9(14)12-6-4-5-7(12)8(11)13;1-2;/h4,6-7H,5H2,1-3H3,(H2,11,13);1H2,2H3;/q;-1;+2/p-1/t7-;;/m0../s1. The smallest absolute Gasteiger partial charge is 0.666 e. The number of amides is 2. The Bertz CT molecular complexity index is 311. The monoisotopic (exact) mass is 304 g/mol. The molecule has 0 saturated carbocycles. The average Bonchev–Trinajstić information content (AvgIpc) is 2.66. The summed E-state index contributed by atoms with van der Waals surface area (Å²) >= 11 is 0. The van der Waals surface area contributed by atoms with Crippen molar-refractivity contribution < 1.29 is 33.8 Å². The zero-order valence-corrected chi connectivity index (χ0v) is 14.5. The first-order chi connectivity index (χ1) is 7.81. The number of ether oxygens (including phenoxy) is 1. The molecule has 1 heterocycles. The van der Waals surface area contributed by atoms with Crippen LogP contribution in [-0.4, -0.2) is 28.5 Å². The Balaban J connectivity index is 0. The summed E-state index contributed by atoms with van der Waals surface area (Å²) in [6.07, 6.45) is 2.98. The molecule has 5 nitrogen and oxygen atoms in total. The van der Waals surface area contributed by atoms with Crippen LogP contribution in [-0.2, 0) is 29.0 Å². The van der Waals surface area contributed by atoms with Gasteiger partial charge >= 0.3 is 25.6 Å². The van der Waals surface area contributed by atoms with E-state index in [0.717, 1.165) is 0 Å². The van der Waals surface area contributed by atoms with E-state index in [-0.39, 0.29) is 19.5 Å². The fourth-order valence-corrected chi connectivity index (χ4v) is 1.26. The zero-order valence-electron chi connectivity index (χ0n) is 11.5. The Kier molecular flexibility index (Phi) is 8.91. The third-order valence-corrected chi connectivity index (χ3v) is 1.87. The van der Waals surface area contributed by atoms with E-state index in [4.69, 9.17) is 10.5 Å². The number of carbonyl (C=O) groups is 2. The normalized spacial score (nSPS) is 17.4. The summed E-state index contributed by atoms with van der Waals surface area (Å²) in [6.45, 7) is 10.3. The van der Waals surface area contributed by atoms with Gasteiger partial charge in [0.1, 0.15) is 5.60 Å². The molecule has 0 aromatic rings. The average molecular weight is 306 g/mol. The maximum Gasteiger partial charge on any atom is 2.00 e. The molecule has 0 aliphatic carbocycles. The molecule has 2 amide bonds. The van der Waals surface area contributed by atoms with Crippen LogP contribution in [0, 0.1) is 6.92 Å². The number of nitrogens with zero attached hydrogens (tertiary/aromatic N) is 1. The molecule has 1 aliphatic heterocycles. The van der Waals surface area contributed by atoms with Gasteiger partial charge in [0.15, 0.2) is 0 Å². The van der Waals surface area contributed by atoms with Crippen molar-refractivity contribution in [1.82, 2.24) is 4.90 Å². The molecule has 1 rings (SSSR count). The maximum absolute atomic E-state index is 11.6. The second kappa shape index (κ2) is 8.25. The molecule has 1 atom stereocenters. The van der Waals surface area contributed by atoms with Crippen molar-refractivity contribution in [2.24, 2.45) is 0 Å². The van der Waals surface area contributed by atoms with Gasteiger partial charge in [-0.2, -0.15) is 6.92 Å². The summed E-state index contributed by atoms with van der Waals surface area (Å²) in [6, 6.07) is -0.722. The van der Waals surface area contributed by atoms with Gasteiger partial charge < -0.3 is 22.2 Å². The van der Waals surface area contributed by atoms with Crippen molar-refractivity contribution in [3.05, 3.63) is 24.9 Å². The van der Waals surface area contributed by atoms with E-state index in [9.17, 15) is 9.59 Å². The molecule has 0 aromatic carbocycles. The first-order valence-electron chi connectivity index (χ1n) is 5.45. The van der Waals surface area contributed by atoms with Gasteiger partial charge in [0.25, 0.3) is 0 Å². The quantitative estimate of drug-likeness (QED) is 0.552. The minimum absolute atomic E-state index is 0. The van der Waals surface area contributed by atoms with Crippen molar-refractivity contribution in [3.63, 3.8) is 0 Å². The Labute approximate surface area is 121 Å². The number of hydrogen-bond acceptors (Lipinski definition) is 3. The summed E-state index contributed by atoms with van der Waals surface area (Å²) in [5, 5.41) is 0. The molecule has 1 N–H and O–H groups in total. The molecule has 0 aromatic heterocycles. The third-order valence-electron chi connectivity index (χ3n) is 1.87. The van der Waals surface area contributed by atoms with Crippen LogP contribution in [0.1, 0.15) is 34.1 Å². The van der Waals surface area contributed by atoms with E-state index in [0.29, 0.717) is 6.42 Å². The van der Waals surface area contributed by atoms with Gasteiger partial charge in [-0.25, -0.2) is 4.79 Å². The van der Waals surface area contributed by atoms with Crippen molar-refractivity contribution in [3.8, 4) is 0 Å². The van der Waals surface area contributed by atoms with Gasteiger partial charge in [-0.05, 0) is 27.2 Å². The largest absolute Gasteiger partial charge is 2.00 e. The van der Waals surface area contributed by atoms with Crippen molar-refractivity contribution >= 4 is 12.0 Å². The van der Waals surface area contributed by atoms with E-state index in [1.165, 1.54) is 11.1 Å². The van der Waals surface area contributed by atoms with Gasteiger partial charge in [-0.1, -0.05) is 6.08 Å². The fourth-order valence-electron chi connectivity index (χ4n) is 1.26. The van der Waals surface area contributed by atoms with Crippen molar-refractivity contribution in [1.29, 1.82) is 0 Å². The van der Waals surface area contributed by atoms with Crippen LogP contribution in [0.2, 0.25) is 0 Å². The topological polar surface area (TPSA) is 70.4 Å². The fraction of sp³-hybridized carbons (Fsp3) is 0.583. The summed E-state index contributed by atoms with van der Waals surface area (Å²) in [7, 11) is 0. The molecule has 6 heteroatoms. The first kappa shape index (κ1) is 19.4. The maximum atomic E-state index is 11.6. The van der Waals surface area contributed by atoms with Crippen LogP contribution < -0.4 is 0 Å². The van der Waals surface area contributed by atoms with Gasteiger partial charge in [-0.3, -0.25) is 4.90 Å². The molecular formula is C12H20N2O3Zn. The molecule has 0 radical (unpaired) electrons. The molecule has 1 aliphatic rings. The molecule has 0 bridgehead atoms. The summed E-state index contributed by atoms with van der Waals surface area (Å²) < 4.78 is 5.10. The molecule has 0 unspecified atom stereocenters. The molecule has 0 fully saturated rings. The van der Waals surface area contributed by atoms with Crippen LogP contribution >= 0.6 is 0 Å². The van der Waals surface area contributed by atoms with Crippen LogP contribution in [0.4, 0.5) is 4.79 Å². The van der Waals surface area contributed by atoms with E-state index < -0.39 is 23.6 Å². The minimum atomic E-state index is -0.772. The van der Waals surface area contributed by atoms with E-state index in [2.05, 4.69) is 6.92 Å². The number of hydrogen-bond donors (Lipinski definition) is 0. The molecule has 0 spiro atoms. The van der Waals surface area contributed by atoms with Crippen molar-refractivity contribution in [2.45, 2.75) is 45.8 Å². The van der Waals surface area contributed by atoms with Crippen LogP contribution in [0.3, 0.4) is 0 Å². The minimum Gasteiger partial charge on any atom is -0.666 e. The molecule has 18 heavy (non-hydrogen) atoms. The Hall–Kier alpha value is -0.897. The number of rotatable bonds is 1. The third kappa shape index (κ3) is 6.15. The summed E-state index contributed by atoms with van der Waals surface area (Å²) in [5.74, 6) is -0.772. The van der Waals surface area contributed by atoms with Gasteiger partial charge in [0.2, 0.25) is 0 Å². The first-order valence-corrected chi connectivity index (χ1v) is 5.45. The van der Waals surface area contributed by atoms with Crippen LogP contribution in [0.5, 0.6) is 0 Å². The molecule has 0 saturated heterocycles. The Morgan fingerprint density at radius 3 is 2.28 bits per heavy atom. The molecule has 98 valence electrons. The second-order valence-electron chi connectivity index (χ2n) is 4.39. The van der Waals surface area contributed by atoms with Gasteiger partial charge in [0.05, 0.1) is 11.9 Å². The second-order valence-corrected chi connectivity index (χ2v) is 4.39. The van der Waals surface area contributed by atoms with Gasteiger partial charge in [-0.15, -0.1) is 0 Å². The number of nitrogens with one attached hydrogen (secondary N) is 1. The summed E-state index contributed by atoms with van der Waals surface area (Å²) in [4.78, 5) is 23.7. The van der Waals surface area contributed by atoms with Crippen molar-refractivity contribution in [2.75, 3.05) is 0 Å².